The van der Waals surface area contributed by atoms with Gasteiger partial charge in [0.15, 0.2) is 22.4 Å². The van der Waals surface area contributed by atoms with Crippen molar-refractivity contribution in [2.75, 3.05) is 37.7 Å². The highest BCUT2D eigenvalue weighted by Gasteiger charge is 2.33. The van der Waals surface area contributed by atoms with Crippen LogP contribution in [0.5, 0.6) is 23.0 Å². The topological polar surface area (TPSA) is 86.3 Å². The lowest BCUT2D eigenvalue weighted by molar-refractivity contribution is -0.118. The SMILES string of the molecule is CCOc1ccc(NC(=O)COc2ccc(/C=C3\SC(=S)N(c4ccc(OC)cc4)C3=O)cc2OC)cc1. The second-order valence-corrected chi connectivity index (χ2v) is 9.60. The van der Waals surface area contributed by atoms with E-state index in [1.165, 1.54) is 23.8 Å². The van der Waals surface area contributed by atoms with Crippen LogP contribution in [-0.4, -0.2) is 43.6 Å². The van der Waals surface area contributed by atoms with Crippen molar-refractivity contribution < 1.29 is 28.5 Å². The van der Waals surface area contributed by atoms with Gasteiger partial charge in [-0.25, -0.2) is 0 Å². The fourth-order valence-electron chi connectivity index (χ4n) is 3.61. The number of thiocarbonyl (C=S) groups is 1. The normalized spacial score (nSPS) is 14.0. The van der Waals surface area contributed by atoms with Crippen molar-refractivity contribution in [3.63, 3.8) is 0 Å². The van der Waals surface area contributed by atoms with Crippen molar-refractivity contribution in [3.8, 4) is 23.0 Å². The molecule has 1 saturated heterocycles. The van der Waals surface area contributed by atoms with Crippen molar-refractivity contribution in [3.05, 3.63) is 77.2 Å². The van der Waals surface area contributed by atoms with Crippen LogP contribution in [0.4, 0.5) is 11.4 Å². The van der Waals surface area contributed by atoms with E-state index >= 15 is 0 Å². The predicted molar refractivity (Wildman–Crippen MR) is 153 cm³/mol. The zero-order valence-electron chi connectivity index (χ0n) is 21.1. The van der Waals surface area contributed by atoms with Gasteiger partial charge in [0, 0.05) is 5.69 Å². The lowest BCUT2D eigenvalue weighted by Gasteiger charge is -2.14. The third-order valence-electron chi connectivity index (χ3n) is 5.42. The molecule has 2 amide bonds. The Kier molecular flexibility index (Phi) is 8.88. The molecule has 1 aliphatic heterocycles. The monoisotopic (exact) mass is 550 g/mol. The summed E-state index contributed by atoms with van der Waals surface area (Å²) in [5.41, 5.74) is 2.03. The number of hydrogen-bond donors (Lipinski definition) is 1. The van der Waals surface area contributed by atoms with Gasteiger partial charge in [-0.05, 0) is 79.2 Å². The number of amides is 2. The number of ether oxygens (including phenoxy) is 4. The van der Waals surface area contributed by atoms with E-state index in [-0.39, 0.29) is 18.4 Å². The van der Waals surface area contributed by atoms with Crippen LogP contribution in [-0.2, 0) is 9.59 Å². The minimum Gasteiger partial charge on any atom is -0.497 e. The summed E-state index contributed by atoms with van der Waals surface area (Å²) in [7, 11) is 3.09. The lowest BCUT2D eigenvalue weighted by Crippen LogP contribution is -2.27. The van der Waals surface area contributed by atoms with Crippen LogP contribution in [0.3, 0.4) is 0 Å². The van der Waals surface area contributed by atoms with Crippen molar-refractivity contribution in [1.29, 1.82) is 0 Å². The average molecular weight is 551 g/mol. The Labute approximate surface area is 230 Å². The Morgan fingerprint density at radius 1 is 0.947 bits per heavy atom. The van der Waals surface area contributed by atoms with Gasteiger partial charge in [0.1, 0.15) is 11.5 Å². The van der Waals surface area contributed by atoms with E-state index in [0.717, 1.165) is 11.3 Å². The highest BCUT2D eigenvalue weighted by molar-refractivity contribution is 8.27. The Morgan fingerprint density at radius 3 is 2.32 bits per heavy atom. The van der Waals surface area contributed by atoms with E-state index < -0.39 is 0 Å². The van der Waals surface area contributed by atoms with E-state index in [1.807, 2.05) is 6.92 Å². The van der Waals surface area contributed by atoms with E-state index in [1.54, 1.807) is 79.9 Å². The molecule has 38 heavy (non-hydrogen) atoms. The summed E-state index contributed by atoms with van der Waals surface area (Å²) < 4.78 is 22.2. The fourth-order valence-corrected chi connectivity index (χ4v) is 4.91. The molecule has 3 aromatic carbocycles. The highest BCUT2D eigenvalue weighted by Crippen LogP contribution is 2.37. The summed E-state index contributed by atoms with van der Waals surface area (Å²) in [5, 5.41) is 2.78. The Hall–Kier alpha value is -4.02. The first kappa shape index (κ1) is 27.0. The molecule has 3 aromatic rings. The van der Waals surface area contributed by atoms with Crippen molar-refractivity contribution >= 4 is 57.6 Å². The molecular weight excluding hydrogens is 524 g/mol. The molecule has 0 atom stereocenters. The standard InChI is InChI=1S/C28H26N2O6S2/c1-4-35-22-10-6-19(7-11-22)29-26(31)17-36-23-14-5-18(15-24(23)34-3)16-25-27(32)30(28(37)38-25)20-8-12-21(33-2)13-9-20/h5-16H,4,17H2,1-3H3,(H,29,31)/b25-16-. The van der Waals surface area contributed by atoms with Crippen molar-refractivity contribution in [2.45, 2.75) is 6.92 Å². The molecule has 0 radical (unpaired) electrons. The highest BCUT2D eigenvalue weighted by atomic mass is 32.2. The number of benzene rings is 3. The number of carbonyl (C=O) groups excluding carboxylic acids is 2. The third-order valence-corrected chi connectivity index (χ3v) is 6.72. The number of rotatable bonds is 10. The lowest BCUT2D eigenvalue weighted by atomic mass is 10.1. The minimum atomic E-state index is -0.317. The van der Waals surface area contributed by atoms with E-state index in [2.05, 4.69) is 5.32 Å². The molecule has 0 aliphatic carbocycles. The molecule has 4 rings (SSSR count). The van der Waals surface area contributed by atoms with Crippen LogP contribution in [0.15, 0.2) is 71.6 Å². The summed E-state index contributed by atoms with van der Waals surface area (Å²) in [6.45, 7) is 2.27. The van der Waals surface area contributed by atoms with Crippen LogP contribution in [0.2, 0.25) is 0 Å². The predicted octanol–water partition coefficient (Wildman–Crippen LogP) is 5.53. The third kappa shape index (κ3) is 6.45. The van der Waals surface area contributed by atoms with Gasteiger partial charge in [0.2, 0.25) is 0 Å². The van der Waals surface area contributed by atoms with E-state index in [9.17, 15) is 9.59 Å². The fraction of sp³-hybridized carbons (Fsp3) is 0.179. The summed E-state index contributed by atoms with van der Waals surface area (Å²) in [6, 6.07) is 19.4. The largest absolute Gasteiger partial charge is 0.497 e. The summed E-state index contributed by atoms with van der Waals surface area (Å²) in [4.78, 5) is 27.4. The van der Waals surface area contributed by atoms with E-state index in [0.29, 0.717) is 44.5 Å². The van der Waals surface area contributed by atoms with Gasteiger partial charge >= 0.3 is 0 Å². The summed E-state index contributed by atoms with van der Waals surface area (Å²) in [6.07, 6.45) is 1.74. The maximum atomic E-state index is 13.1. The first-order chi connectivity index (χ1) is 18.4. The Morgan fingerprint density at radius 2 is 1.66 bits per heavy atom. The van der Waals surface area contributed by atoms with Gasteiger partial charge in [0.05, 0.1) is 31.4 Å². The molecule has 1 aliphatic rings. The number of nitrogens with zero attached hydrogens (tertiary/aromatic N) is 1. The smallest absolute Gasteiger partial charge is 0.270 e. The van der Waals surface area contributed by atoms with Gasteiger partial charge < -0.3 is 24.3 Å². The molecule has 0 spiro atoms. The molecule has 0 aromatic heterocycles. The number of thioether (sulfide) groups is 1. The molecule has 1 fully saturated rings. The van der Waals surface area contributed by atoms with Crippen LogP contribution < -0.4 is 29.2 Å². The molecule has 196 valence electrons. The molecular formula is C28H26N2O6S2. The Bertz CT molecular complexity index is 1360. The Balaban J connectivity index is 1.41. The number of nitrogens with one attached hydrogen (secondary N) is 1. The summed E-state index contributed by atoms with van der Waals surface area (Å²) >= 11 is 6.68. The van der Waals surface area contributed by atoms with Gasteiger partial charge in [-0.1, -0.05) is 30.0 Å². The zero-order valence-corrected chi connectivity index (χ0v) is 22.7. The molecule has 1 heterocycles. The molecule has 0 saturated carbocycles. The first-order valence-electron chi connectivity index (χ1n) is 11.7. The number of carbonyl (C=O) groups is 2. The van der Waals surface area contributed by atoms with Crippen molar-refractivity contribution in [1.82, 2.24) is 0 Å². The van der Waals surface area contributed by atoms with Crippen molar-refractivity contribution in [2.24, 2.45) is 0 Å². The van der Waals surface area contributed by atoms with Crippen LogP contribution >= 0.6 is 24.0 Å². The second-order valence-electron chi connectivity index (χ2n) is 7.92. The second kappa shape index (κ2) is 12.5. The molecule has 1 N–H and O–H groups in total. The maximum absolute atomic E-state index is 13.1. The maximum Gasteiger partial charge on any atom is 0.270 e. The van der Waals surface area contributed by atoms with Crippen LogP contribution in [0, 0.1) is 0 Å². The van der Waals surface area contributed by atoms with Crippen LogP contribution in [0.25, 0.3) is 6.08 Å². The number of methoxy groups -OCH3 is 2. The zero-order chi connectivity index (χ0) is 27.1. The average Bonchev–Trinajstić information content (AvgIpc) is 3.21. The minimum absolute atomic E-state index is 0.205. The molecule has 8 nitrogen and oxygen atoms in total. The van der Waals surface area contributed by atoms with Gasteiger partial charge in [-0.15, -0.1) is 0 Å². The van der Waals surface area contributed by atoms with Gasteiger partial charge in [0.25, 0.3) is 11.8 Å². The first-order valence-corrected chi connectivity index (χ1v) is 12.9. The molecule has 10 heteroatoms. The van der Waals surface area contributed by atoms with Gasteiger partial charge in [-0.3, -0.25) is 14.5 Å². The molecule has 0 bridgehead atoms. The van der Waals surface area contributed by atoms with Crippen LogP contribution in [0.1, 0.15) is 12.5 Å². The molecule has 0 unspecified atom stereocenters. The quantitative estimate of drug-likeness (QED) is 0.261. The van der Waals surface area contributed by atoms with Gasteiger partial charge in [-0.2, -0.15) is 0 Å². The number of anilines is 2. The summed E-state index contributed by atoms with van der Waals surface area (Å²) in [5.74, 6) is 1.72. The van der Waals surface area contributed by atoms with E-state index in [4.69, 9.17) is 31.2 Å². The number of hydrogen-bond acceptors (Lipinski definition) is 8.